The average Bonchev–Trinajstić information content (AvgIpc) is 2.46. The first-order chi connectivity index (χ1) is 9.85. The minimum Gasteiger partial charge on any atom is -0.496 e. The molecule has 0 heterocycles. The van der Waals surface area contributed by atoms with Crippen LogP contribution >= 0.6 is 0 Å². The first kappa shape index (κ1) is 17.5. The molecule has 0 aliphatic heterocycles. The first-order valence-electron chi connectivity index (χ1n) is 7.14. The Morgan fingerprint density at radius 3 is 2.43 bits per heavy atom. The Bertz CT molecular complexity index is 481. The zero-order chi connectivity index (χ0) is 16.0. The summed E-state index contributed by atoms with van der Waals surface area (Å²) in [6, 6.07) is 3.52. The number of unbranched alkanes of at least 4 members (excludes halogenated alkanes) is 1. The van der Waals surface area contributed by atoms with Crippen LogP contribution in [0.4, 0.5) is 13.2 Å². The monoisotopic (exact) mass is 302 g/mol. The number of benzene rings is 1. The molecule has 118 valence electrons. The number of halogens is 3. The SMILES string of the molecule is CCCCC(CC)C(=O)c1ccc(OC)c(C(F)(F)F)c1. The van der Waals surface area contributed by atoms with Gasteiger partial charge in [-0.3, -0.25) is 4.79 Å². The van der Waals surface area contributed by atoms with E-state index in [9.17, 15) is 18.0 Å². The van der Waals surface area contributed by atoms with Gasteiger partial charge in [-0.2, -0.15) is 13.2 Å². The summed E-state index contributed by atoms with van der Waals surface area (Å²) in [5.41, 5.74) is -0.799. The molecule has 5 heteroatoms. The summed E-state index contributed by atoms with van der Waals surface area (Å²) in [6.45, 7) is 3.90. The Labute approximate surface area is 123 Å². The van der Waals surface area contributed by atoms with Crippen molar-refractivity contribution in [2.75, 3.05) is 7.11 Å². The third kappa shape index (κ3) is 4.48. The molecule has 0 radical (unpaired) electrons. The van der Waals surface area contributed by atoms with Gasteiger partial charge in [-0.05, 0) is 31.0 Å². The van der Waals surface area contributed by atoms with Crippen LogP contribution in [0.25, 0.3) is 0 Å². The highest BCUT2D eigenvalue weighted by Crippen LogP contribution is 2.37. The summed E-state index contributed by atoms with van der Waals surface area (Å²) in [7, 11) is 1.18. The number of ketones is 1. The molecule has 1 aromatic rings. The zero-order valence-electron chi connectivity index (χ0n) is 12.6. The quantitative estimate of drug-likeness (QED) is 0.654. The smallest absolute Gasteiger partial charge is 0.419 e. The number of hydrogen-bond acceptors (Lipinski definition) is 2. The standard InChI is InChI=1S/C16H21F3O2/c1-4-6-7-11(5-2)15(20)12-8-9-14(21-3)13(10-12)16(17,18)19/h8-11H,4-7H2,1-3H3. The number of ether oxygens (including phenoxy) is 1. The maximum Gasteiger partial charge on any atom is 0.419 e. The van der Waals surface area contributed by atoms with E-state index >= 15 is 0 Å². The highest BCUT2D eigenvalue weighted by atomic mass is 19.4. The highest BCUT2D eigenvalue weighted by Gasteiger charge is 2.35. The maximum absolute atomic E-state index is 13.0. The lowest BCUT2D eigenvalue weighted by atomic mass is 9.90. The molecule has 0 saturated heterocycles. The maximum atomic E-state index is 13.0. The molecule has 0 aromatic heterocycles. The van der Waals surface area contributed by atoms with Gasteiger partial charge in [0, 0.05) is 11.5 Å². The van der Waals surface area contributed by atoms with Crippen LogP contribution in [0.5, 0.6) is 5.75 Å². The van der Waals surface area contributed by atoms with Crippen LogP contribution in [-0.4, -0.2) is 12.9 Å². The lowest BCUT2D eigenvalue weighted by Crippen LogP contribution is -2.16. The van der Waals surface area contributed by atoms with Crippen LogP contribution in [0.1, 0.15) is 55.5 Å². The average molecular weight is 302 g/mol. The van der Waals surface area contributed by atoms with Crippen molar-refractivity contribution in [1.82, 2.24) is 0 Å². The normalized spacial score (nSPS) is 13.0. The van der Waals surface area contributed by atoms with Crippen LogP contribution in [0.3, 0.4) is 0 Å². The summed E-state index contributed by atoms with van der Waals surface area (Å²) in [5.74, 6) is -0.709. The summed E-state index contributed by atoms with van der Waals surface area (Å²) < 4.78 is 43.6. The molecule has 0 bridgehead atoms. The fourth-order valence-electron chi connectivity index (χ4n) is 2.29. The lowest BCUT2D eigenvalue weighted by Gasteiger charge is -2.16. The molecular formula is C16H21F3O2. The summed E-state index contributed by atoms with van der Waals surface area (Å²) in [6.07, 6.45) is -1.34. The van der Waals surface area contributed by atoms with Crippen molar-refractivity contribution in [1.29, 1.82) is 0 Å². The second-order valence-corrected chi connectivity index (χ2v) is 5.02. The predicted octanol–water partition coefficient (Wildman–Crippen LogP) is 5.11. The van der Waals surface area contributed by atoms with Gasteiger partial charge in [0.2, 0.25) is 0 Å². The van der Waals surface area contributed by atoms with Crippen LogP contribution in [0.15, 0.2) is 18.2 Å². The van der Waals surface area contributed by atoms with E-state index < -0.39 is 11.7 Å². The van der Waals surface area contributed by atoms with Crippen molar-refractivity contribution in [3.05, 3.63) is 29.3 Å². The van der Waals surface area contributed by atoms with Crippen molar-refractivity contribution in [2.45, 2.75) is 45.7 Å². The molecule has 0 fully saturated rings. The Kier molecular flexibility index (Phi) is 6.24. The number of methoxy groups -OCH3 is 1. The van der Waals surface area contributed by atoms with Gasteiger partial charge < -0.3 is 4.74 Å². The minimum atomic E-state index is -4.53. The van der Waals surface area contributed by atoms with Crippen LogP contribution in [-0.2, 0) is 6.18 Å². The molecular weight excluding hydrogens is 281 g/mol. The molecule has 0 amide bonds. The van der Waals surface area contributed by atoms with Crippen molar-refractivity contribution < 1.29 is 22.7 Å². The molecule has 21 heavy (non-hydrogen) atoms. The van der Waals surface area contributed by atoms with Crippen LogP contribution in [0.2, 0.25) is 0 Å². The van der Waals surface area contributed by atoms with Gasteiger partial charge in [0.15, 0.2) is 5.78 Å². The van der Waals surface area contributed by atoms with Crippen LogP contribution in [0, 0.1) is 5.92 Å². The topological polar surface area (TPSA) is 26.3 Å². The van der Waals surface area contributed by atoms with E-state index in [-0.39, 0.29) is 23.0 Å². The molecule has 1 atom stereocenters. The van der Waals surface area contributed by atoms with E-state index in [1.807, 2.05) is 13.8 Å². The van der Waals surface area contributed by atoms with E-state index in [1.165, 1.54) is 19.2 Å². The van der Waals surface area contributed by atoms with Crippen molar-refractivity contribution in [3.63, 3.8) is 0 Å². The fraction of sp³-hybridized carbons (Fsp3) is 0.562. The largest absolute Gasteiger partial charge is 0.496 e. The Hall–Kier alpha value is -1.52. The van der Waals surface area contributed by atoms with Gasteiger partial charge in [0.25, 0.3) is 0 Å². The first-order valence-corrected chi connectivity index (χ1v) is 7.14. The number of rotatable bonds is 7. The number of carbonyl (C=O) groups is 1. The molecule has 1 unspecified atom stereocenters. The van der Waals surface area contributed by atoms with E-state index in [0.29, 0.717) is 12.8 Å². The fourth-order valence-corrected chi connectivity index (χ4v) is 2.29. The van der Waals surface area contributed by atoms with Gasteiger partial charge in [-0.1, -0.05) is 26.7 Å². The van der Waals surface area contributed by atoms with Gasteiger partial charge in [0.1, 0.15) is 5.75 Å². The summed E-state index contributed by atoms with van der Waals surface area (Å²) >= 11 is 0. The van der Waals surface area contributed by atoms with E-state index in [2.05, 4.69) is 0 Å². The number of alkyl halides is 3. The zero-order valence-corrected chi connectivity index (χ0v) is 12.6. The molecule has 0 N–H and O–H groups in total. The molecule has 1 aromatic carbocycles. The van der Waals surface area contributed by atoms with Gasteiger partial charge in [0.05, 0.1) is 12.7 Å². The molecule has 0 spiro atoms. The molecule has 1 rings (SSSR count). The van der Waals surface area contributed by atoms with Crippen molar-refractivity contribution in [3.8, 4) is 5.75 Å². The Morgan fingerprint density at radius 1 is 1.29 bits per heavy atom. The van der Waals surface area contributed by atoms with E-state index in [4.69, 9.17) is 4.74 Å². The Balaban J connectivity index is 3.10. The van der Waals surface area contributed by atoms with E-state index in [0.717, 1.165) is 18.9 Å². The van der Waals surface area contributed by atoms with Crippen molar-refractivity contribution >= 4 is 5.78 Å². The third-order valence-corrected chi connectivity index (χ3v) is 3.56. The second kappa shape index (κ2) is 7.48. The second-order valence-electron chi connectivity index (χ2n) is 5.02. The number of hydrogen-bond donors (Lipinski definition) is 0. The number of carbonyl (C=O) groups excluding carboxylic acids is 1. The molecule has 0 aliphatic carbocycles. The summed E-state index contributed by atoms with van der Waals surface area (Å²) in [5, 5.41) is 0. The van der Waals surface area contributed by atoms with Crippen molar-refractivity contribution in [2.24, 2.45) is 5.92 Å². The molecule has 0 saturated carbocycles. The lowest BCUT2D eigenvalue weighted by molar-refractivity contribution is -0.138. The van der Waals surface area contributed by atoms with Gasteiger partial charge >= 0.3 is 6.18 Å². The Morgan fingerprint density at radius 2 is 1.95 bits per heavy atom. The van der Waals surface area contributed by atoms with E-state index in [1.54, 1.807) is 0 Å². The third-order valence-electron chi connectivity index (χ3n) is 3.56. The predicted molar refractivity (Wildman–Crippen MR) is 75.6 cm³/mol. The number of Topliss-reactive ketones (excluding diaryl/α,β-unsaturated/α-hetero) is 1. The van der Waals surface area contributed by atoms with Gasteiger partial charge in [-0.25, -0.2) is 0 Å². The summed E-state index contributed by atoms with van der Waals surface area (Å²) in [4.78, 5) is 12.4. The van der Waals surface area contributed by atoms with Crippen LogP contribution < -0.4 is 4.74 Å². The molecule has 0 aliphatic rings. The highest BCUT2D eigenvalue weighted by molar-refractivity contribution is 5.98. The molecule has 2 nitrogen and oxygen atoms in total. The minimum absolute atomic E-state index is 0.103. The van der Waals surface area contributed by atoms with Gasteiger partial charge in [-0.15, -0.1) is 0 Å².